The van der Waals surface area contributed by atoms with Crippen LogP contribution in [0, 0.1) is 0 Å². The maximum Gasteiger partial charge on any atom is 0.250 e. The molecule has 1 aromatic rings. The Morgan fingerprint density at radius 3 is 2.79 bits per heavy atom. The number of hydrogen-bond donors (Lipinski definition) is 2. The van der Waals surface area contributed by atoms with Gasteiger partial charge in [-0.25, -0.2) is 0 Å². The Bertz CT molecular complexity index is 516. The highest BCUT2D eigenvalue weighted by Gasteiger charge is 2.30. The van der Waals surface area contributed by atoms with Crippen LogP contribution in [0.4, 0.5) is 5.69 Å². The van der Waals surface area contributed by atoms with Crippen molar-refractivity contribution in [2.24, 2.45) is 5.73 Å². The van der Waals surface area contributed by atoms with E-state index in [-0.39, 0.29) is 0 Å². The Hall–Kier alpha value is -2.21. The molecule has 1 heterocycles. The molecule has 6 heteroatoms. The third-order valence-corrected chi connectivity index (χ3v) is 3.17. The Kier molecular flexibility index (Phi) is 3.91. The van der Waals surface area contributed by atoms with Crippen molar-refractivity contribution in [1.29, 1.82) is 0 Å². The number of nitrogens with zero attached hydrogens (tertiary/aromatic N) is 1. The summed E-state index contributed by atoms with van der Waals surface area (Å²) in [5.74, 6) is -1.06. The summed E-state index contributed by atoms with van der Waals surface area (Å²) in [6, 6.07) is 6.24. The fourth-order valence-corrected chi connectivity index (χ4v) is 2.26. The average Bonchev–Trinajstić information content (AvgIpc) is 2.46. The maximum atomic E-state index is 11.7. The number of carbonyl (C=O) groups is 3. The van der Waals surface area contributed by atoms with Crippen molar-refractivity contribution in [3.63, 3.8) is 0 Å². The molecule has 1 unspecified atom stereocenters. The number of nitrogens with two attached hydrogens (primary N) is 1. The predicted molar refractivity (Wildman–Crippen MR) is 70.0 cm³/mol. The van der Waals surface area contributed by atoms with E-state index in [9.17, 15) is 14.4 Å². The van der Waals surface area contributed by atoms with Crippen LogP contribution in [0.15, 0.2) is 24.3 Å². The summed E-state index contributed by atoms with van der Waals surface area (Å²) in [4.78, 5) is 35.6. The van der Waals surface area contributed by atoms with Gasteiger partial charge in [0.15, 0.2) is 6.29 Å². The van der Waals surface area contributed by atoms with Crippen LogP contribution in [0.5, 0.6) is 0 Å². The molecule has 0 aliphatic carbocycles. The highest BCUT2D eigenvalue weighted by molar-refractivity contribution is 6.28. The second-order valence-electron chi connectivity index (χ2n) is 4.31. The Morgan fingerprint density at radius 1 is 1.37 bits per heavy atom. The topological polar surface area (TPSA) is 92.5 Å². The first kappa shape index (κ1) is 13.2. The first-order valence-corrected chi connectivity index (χ1v) is 6.00. The van der Waals surface area contributed by atoms with Gasteiger partial charge in [-0.05, 0) is 12.1 Å². The number of anilines is 1. The van der Waals surface area contributed by atoms with Crippen LogP contribution in [-0.4, -0.2) is 43.7 Å². The van der Waals surface area contributed by atoms with Crippen LogP contribution in [-0.2, 0) is 9.59 Å². The van der Waals surface area contributed by atoms with Gasteiger partial charge in [-0.15, -0.1) is 0 Å². The largest absolute Gasteiger partial charge is 0.366 e. The smallest absolute Gasteiger partial charge is 0.250 e. The van der Waals surface area contributed by atoms with Crippen LogP contribution in [0.3, 0.4) is 0 Å². The van der Waals surface area contributed by atoms with E-state index >= 15 is 0 Å². The second-order valence-corrected chi connectivity index (χ2v) is 4.31. The van der Waals surface area contributed by atoms with E-state index in [2.05, 4.69) is 5.32 Å². The number of amides is 1. The molecular formula is C13H15N3O3. The van der Waals surface area contributed by atoms with E-state index in [0.29, 0.717) is 37.2 Å². The molecular weight excluding hydrogens is 246 g/mol. The summed E-state index contributed by atoms with van der Waals surface area (Å²) in [5.41, 5.74) is 6.29. The Balaban J connectivity index is 2.40. The minimum absolute atomic E-state index is 0.317. The molecule has 1 atom stereocenters. The Labute approximate surface area is 110 Å². The van der Waals surface area contributed by atoms with Crippen LogP contribution < -0.4 is 16.0 Å². The molecule has 1 fully saturated rings. The number of ketones is 1. The number of aldehydes is 1. The first-order chi connectivity index (χ1) is 9.15. The lowest BCUT2D eigenvalue weighted by atomic mass is 10.0. The molecule has 100 valence electrons. The standard InChI is InChI=1S/C13H15N3O3/c14-13(19)9-3-1-2-4-10(9)16-6-5-15-7-11(16)12(18)8-17/h1-4,8,11,15H,5-7H2,(H2,14,19). The highest BCUT2D eigenvalue weighted by atomic mass is 16.2. The second kappa shape index (κ2) is 5.62. The molecule has 3 N–H and O–H groups in total. The lowest BCUT2D eigenvalue weighted by molar-refractivity contribution is -0.130. The van der Waals surface area contributed by atoms with Gasteiger partial charge < -0.3 is 16.0 Å². The van der Waals surface area contributed by atoms with Gasteiger partial charge in [0, 0.05) is 19.6 Å². The number of piperazine rings is 1. The van der Waals surface area contributed by atoms with Crippen LogP contribution in [0.2, 0.25) is 0 Å². The predicted octanol–water partition coefficient (Wildman–Crippen LogP) is -0.668. The van der Waals surface area contributed by atoms with Gasteiger partial charge >= 0.3 is 0 Å². The van der Waals surface area contributed by atoms with Gasteiger partial charge in [0.1, 0.15) is 6.04 Å². The molecule has 0 radical (unpaired) electrons. The minimum Gasteiger partial charge on any atom is -0.366 e. The summed E-state index contributed by atoms with van der Waals surface area (Å²) in [7, 11) is 0. The zero-order valence-corrected chi connectivity index (χ0v) is 10.3. The molecule has 1 aromatic carbocycles. The lowest BCUT2D eigenvalue weighted by Crippen LogP contribution is -2.55. The van der Waals surface area contributed by atoms with Crippen molar-refractivity contribution in [2.75, 3.05) is 24.5 Å². The fraction of sp³-hybridized carbons (Fsp3) is 0.308. The number of para-hydroxylation sites is 1. The van der Waals surface area contributed by atoms with Gasteiger partial charge in [0.2, 0.25) is 5.78 Å². The molecule has 1 saturated heterocycles. The summed E-state index contributed by atoms with van der Waals surface area (Å²) >= 11 is 0. The zero-order chi connectivity index (χ0) is 13.8. The summed E-state index contributed by atoms with van der Waals surface area (Å²) in [5, 5.41) is 3.06. The van der Waals surface area contributed by atoms with Crippen molar-refractivity contribution in [1.82, 2.24) is 5.32 Å². The van der Waals surface area contributed by atoms with Gasteiger partial charge in [-0.1, -0.05) is 12.1 Å². The summed E-state index contributed by atoms with van der Waals surface area (Å²) in [6.45, 7) is 1.59. The SMILES string of the molecule is NC(=O)c1ccccc1N1CCNCC1C(=O)C=O. The quantitative estimate of drug-likeness (QED) is 0.554. The molecule has 0 spiro atoms. The highest BCUT2D eigenvalue weighted by Crippen LogP contribution is 2.23. The summed E-state index contributed by atoms with van der Waals surface area (Å²) < 4.78 is 0. The van der Waals surface area contributed by atoms with E-state index in [1.54, 1.807) is 29.2 Å². The molecule has 6 nitrogen and oxygen atoms in total. The van der Waals surface area contributed by atoms with Gasteiger partial charge in [-0.2, -0.15) is 0 Å². The van der Waals surface area contributed by atoms with E-state index < -0.39 is 17.7 Å². The molecule has 0 saturated carbocycles. The molecule has 1 aliphatic rings. The molecule has 1 aliphatic heterocycles. The summed E-state index contributed by atoms with van der Waals surface area (Å²) in [6.07, 6.45) is 0.317. The molecule has 0 aromatic heterocycles. The third-order valence-electron chi connectivity index (χ3n) is 3.17. The third kappa shape index (κ3) is 2.63. The van der Waals surface area contributed by atoms with Gasteiger partial charge in [0.05, 0.1) is 11.3 Å². The van der Waals surface area contributed by atoms with Crippen molar-refractivity contribution in [2.45, 2.75) is 6.04 Å². The average molecular weight is 261 g/mol. The van der Waals surface area contributed by atoms with Crippen molar-refractivity contribution in [3.8, 4) is 0 Å². The number of carbonyl (C=O) groups excluding carboxylic acids is 3. The number of hydrogen-bond acceptors (Lipinski definition) is 5. The van der Waals surface area contributed by atoms with Crippen molar-refractivity contribution in [3.05, 3.63) is 29.8 Å². The van der Waals surface area contributed by atoms with Crippen LogP contribution in [0.1, 0.15) is 10.4 Å². The van der Waals surface area contributed by atoms with E-state index in [4.69, 9.17) is 5.73 Å². The monoisotopic (exact) mass is 261 g/mol. The fourth-order valence-electron chi connectivity index (χ4n) is 2.26. The minimum atomic E-state index is -0.591. The van der Waals surface area contributed by atoms with Gasteiger partial charge in [-0.3, -0.25) is 14.4 Å². The first-order valence-electron chi connectivity index (χ1n) is 6.00. The number of Topliss-reactive ketones (excluding diaryl/α,β-unsaturated/α-hetero) is 1. The molecule has 1 amide bonds. The lowest BCUT2D eigenvalue weighted by Gasteiger charge is -2.36. The maximum absolute atomic E-state index is 11.7. The van der Waals surface area contributed by atoms with E-state index in [0.717, 1.165) is 0 Å². The van der Waals surface area contributed by atoms with Crippen molar-refractivity contribution >= 4 is 23.7 Å². The number of rotatable bonds is 4. The van der Waals surface area contributed by atoms with Crippen LogP contribution in [0.25, 0.3) is 0 Å². The number of benzene rings is 1. The molecule has 0 bridgehead atoms. The van der Waals surface area contributed by atoms with Crippen LogP contribution >= 0.6 is 0 Å². The van der Waals surface area contributed by atoms with Gasteiger partial charge in [0.25, 0.3) is 5.91 Å². The van der Waals surface area contributed by atoms with E-state index in [1.807, 2.05) is 0 Å². The van der Waals surface area contributed by atoms with Crippen molar-refractivity contribution < 1.29 is 14.4 Å². The van der Waals surface area contributed by atoms with E-state index in [1.165, 1.54) is 0 Å². The number of primary amides is 1. The Morgan fingerprint density at radius 2 is 2.11 bits per heavy atom. The normalized spacial score (nSPS) is 18.9. The molecule has 2 rings (SSSR count). The molecule has 19 heavy (non-hydrogen) atoms. The number of nitrogens with one attached hydrogen (secondary N) is 1. The zero-order valence-electron chi connectivity index (χ0n) is 10.3.